The zero-order valence-corrected chi connectivity index (χ0v) is 19.1. The van der Waals surface area contributed by atoms with E-state index >= 15 is 0 Å². The fraction of sp³-hybridized carbons (Fsp3) is 0.346. The number of benzene rings is 2. The van der Waals surface area contributed by atoms with Gasteiger partial charge in [0.05, 0.1) is 0 Å². The molecule has 0 saturated carbocycles. The number of amides is 2. The number of carbonyl (C=O) groups is 2. The van der Waals surface area contributed by atoms with Crippen molar-refractivity contribution in [2.45, 2.75) is 25.5 Å². The molecule has 3 aromatic rings. The van der Waals surface area contributed by atoms with Crippen LogP contribution in [0.4, 0.5) is 0 Å². The van der Waals surface area contributed by atoms with E-state index in [2.05, 4.69) is 5.10 Å². The lowest BCUT2D eigenvalue weighted by Crippen LogP contribution is -2.49. The summed E-state index contributed by atoms with van der Waals surface area (Å²) in [7, 11) is 3.61. The molecular formula is C26H30N4O3. The van der Waals surface area contributed by atoms with Crippen LogP contribution < -0.4 is 4.74 Å². The van der Waals surface area contributed by atoms with E-state index in [0.717, 1.165) is 11.3 Å². The number of carbonyl (C=O) groups excluding carboxylic acids is 2. The third kappa shape index (κ3) is 5.80. The molecule has 0 unspecified atom stereocenters. The first-order chi connectivity index (χ1) is 16.0. The van der Waals surface area contributed by atoms with Crippen LogP contribution in [0.15, 0.2) is 72.9 Å². The van der Waals surface area contributed by atoms with Crippen molar-refractivity contribution < 1.29 is 14.3 Å². The zero-order chi connectivity index (χ0) is 23.2. The minimum atomic E-state index is -0.144. The quantitative estimate of drug-likeness (QED) is 0.558. The molecule has 1 aromatic heterocycles. The highest BCUT2D eigenvalue weighted by Crippen LogP contribution is 2.27. The fourth-order valence-corrected chi connectivity index (χ4v) is 4.24. The van der Waals surface area contributed by atoms with Crippen LogP contribution in [0, 0.1) is 5.92 Å². The largest absolute Gasteiger partial charge is 0.490 e. The second-order valence-corrected chi connectivity index (χ2v) is 8.58. The average Bonchev–Trinajstić information content (AvgIpc) is 3.27. The van der Waals surface area contributed by atoms with Crippen LogP contribution in [-0.4, -0.2) is 57.6 Å². The minimum Gasteiger partial charge on any atom is -0.490 e. The third-order valence-corrected chi connectivity index (χ3v) is 6.04. The summed E-state index contributed by atoms with van der Waals surface area (Å²) in [5.41, 5.74) is 1.51. The second kappa shape index (κ2) is 10.3. The van der Waals surface area contributed by atoms with Crippen molar-refractivity contribution in [1.82, 2.24) is 19.6 Å². The van der Waals surface area contributed by atoms with Crippen molar-refractivity contribution in [3.05, 3.63) is 84.2 Å². The van der Waals surface area contributed by atoms with E-state index in [1.54, 1.807) is 33.8 Å². The number of aromatic nitrogens is 2. The van der Waals surface area contributed by atoms with Gasteiger partial charge in [0.2, 0.25) is 5.91 Å². The van der Waals surface area contributed by atoms with E-state index in [1.165, 1.54) is 0 Å². The Morgan fingerprint density at radius 1 is 1.06 bits per heavy atom. The predicted octanol–water partition coefficient (Wildman–Crippen LogP) is 3.38. The molecule has 7 heteroatoms. The number of piperidine rings is 1. The van der Waals surface area contributed by atoms with Gasteiger partial charge in [-0.2, -0.15) is 5.10 Å². The third-order valence-electron chi connectivity index (χ3n) is 6.04. The zero-order valence-electron chi connectivity index (χ0n) is 19.1. The van der Waals surface area contributed by atoms with Gasteiger partial charge in [-0.3, -0.25) is 14.3 Å². The number of likely N-dealkylation sites (tertiary alicyclic amines) is 1. The van der Waals surface area contributed by atoms with Crippen molar-refractivity contribution in [1.29, 1.82) is 0 Å². The molecule has 2 atom stereocenters. The number of hydrogen-bond donors (Lipinski definition) is 0. The van der Waals surface area contributed by atoms with Crippen LogP contribution in [0.2, 0.25) is 0 Å². The molecule has 2 aromatic carbocycles. The standard InChI is InChI=1S/C26H30N4O3/c1-28(18-20-9-5-3-6-10-20)25(31)17-21-19-30(26(32)23-13-15-29(2)27-23)16-14-24(21)33-22-11-7-4-8-12-22/h3-13,15,21,24H,14,16-19H2,1-2H3/t21-,24-/m0/s1. The highest BCUT2D eigenvalue weighted by molar-refractivity contribution is 5.92. The molecule has 7 nitrogen and oxygen atoms in total. The summed E-state index contributed by atoms with van der Waals surface area (Å²) in [5, 5.41) is 4.25. The number of rotatable bonds is 7. The number of para-hydroxylation sites is 1. The van der Waals surface area contributed by atoms with Crippen molar-refractivity contribution >= 4 is 11.8 Å². The number of ether oxygens (including phenoxy) is 1. The summed E-state index contributed by atoms with van der Waals surface area (Å²) in [6.07, 6.45) is 2.59. The summed E-state index contributed by atoms with van der Waals surface area (Å²) in [6, 6.07) is 21.3. The molecule has 2 amide bonds. The molecule has 1 saturated heterocycles. The molecule has 0 spiro atoms. The van der Waals surface area contributed by atoms with Gasteiger partial charge in [-0.15, -0.1) is 0 Å². The van der Waals surface area contributed by atoms with E-state index in [1.807, 2.05) is 67.7 Å². The monoisotopic (exact) mass is 446 g/mol. The van der Waals surface area contributed by atoms with Gasteiger partial charge >= 0.3 is 0 Å². The molecule has 1 aliphatic rings. The Hall–Kier alpha value is -3.61. The molecule has 33 heavy (non-hydrogen) atoms. The normalized spacial score (nSPS) is 18.1. The maximum Gasteiger partial charge on any atom is 0.274 e. The summed E-state index contributed by atoms with van der Waals surface area (Å²) in [6.45, 7) is 1.57. The highest BCUT2D eigenvalue weighted by atomic mass is 16.5. The van der Waals surface area contributed by atoms with Crippen LogP contribution in [0.5, 0.6) is 5.75 Å². The van der Waals surface area contributed by atoms with E-state index in [0.29, 0.717) is 38.2 Å². The smallest absolute Gasteiger partial charge is 0.274 e. The molecule has 0 aliphatic carbocycles. The summed E-state index contributed by atoms with van der Waals surface area (Å²) < 4.78 is 7.90. The molecule has 2 heterocycles. The number of hydrogen-bond acceptors (Lipinski definition) is 4. The summed E-state index contributed by atoms with van der Waals surface area (Å²) in [4.78, 5) is 29.7. The summed E-state index contributed by atoms with van der Waals surface area (Å²) >= 11 is 0. The topological polar surface area (TPSA) is 67.7 Å². The highest BCUT2D eigenvalue weighted by Gasteiger charge is 2.35. The first-order valence-corrected chi connectivity index (χ1v) is 11.3. The Morgan fingerprint density at radius 3 is 2.42 bits per heavy atom. The Bertz CT molecular complexity index is 1070. The van der Waals surface area contributed by atoms with Gasteiger partial charge in [0.15, 0.2) is 0 Å². The van der Waals surface area contributed by atoms with E-state index < -0.39 is 0 Å². The maximum absolute atomic E-state index is 13.1. The van der Waals surface area contributed by atoms with Crippen LogP contribution in [0.1, 0.15) is 28.9 Å². The summed E-state index contributed by atoms with van der Waals surface area (Å²) in [5.74, 6) is 0.598. The lowest BCUT2D eigenvalue weighted by molar-refractivity contribution is -0.132. The van der Waals surface area contributed by atoms with Crippen LogP contribution >= 0.6 is 0 Å². The molecule has 0 radical (unpaired) electrons. The number of nitrogens with zero attached hydrogens (tertiary/aromatic N) is 4. The van der Waals surface area contributed by atoms with Crippen molar-refractivity contribution in [3.8, 4) is 5.75 Å². The van der Waals surface area contributed by atoms with Crippen LogP contribution in [-0.2, 0) is 18.4 Å². The van der Waals surface area contributed by atoms with Crippen LogP contribution in [0.3, 0.4) is 0 Å². The van der Waals surface area contributed by atoms with Crippen molar-refractivity contribution in [2.24, 2.45) is 13.0 Å². The molecule has 172 valence electrons. The average molecular weight is 447 g/mol. The fourth-order valence-electron chi connectivity index (χ4n) is 4.24. The first-order valence-electron chi connectivity index (χ1n) is 11.3. The SMILES string of the molecule is CN(Cc1ccccc1)C(=O)C[C@H]1CN(C(=O)c2ccn(C)n2)CC[C@@H]1Oc1ccccc1. The van der Waals surface area contributed by atoms with Gasteiger partial charge in [-0.25, -0.2) is 0 Å². The van der Waals surface area contributed by atoms with E-state index in [4.69, 9.17) is 4.74 Å². The Labute approximate surface area is 194 Å². The van der Waals surface area contributed by atoms with E-state index in [-0.39, 0.29) is 23.8 Å². The Morgan fingerprint density at radius 2 is 1.76 bits per heavy atom. The Balaban J connectivity index is 1.46. The first kappa shape index (κ1) is 22.6. The van der Waals surface area contributed by atoms with Gasteiger partial charge in [0.25, 0.3) is 5.91 Å². The second-order valence-electron chi connectivity index (χ2n) is 8.58. The van der Waals surface area contributed by atoms with Gasteiger partial charge in [-0.05, 0) is 23.8 Å². The lowest BCUT2D eigenvalue weighted by atomic mass is 9.90. The van der Waals surface area contributed by atoms with Gasteiger partial charge in [0, 0.05) is 58.7 Å². The molecular weight excluding hydrogens is 416 g/mol. The molecule has 1 fully saturated rings. The van der Waals surface area contributed by atoms with Crippen molar-refractivity contribution in [2.75, 3.05) is 20.1 Å². The van der Waals surface area contributed by atoms with Gasteiger partial charge in [0.1, 0.15) is 17.5 Å². The minimum absolute atomic E-state index is 0.0395. The number of aryl methyl sites for hydroxylation is 1. The Kier molecular flexibility index (Phi) is 7.07. The lowest BCUT2D eigenvalue weighted by Gasteiger charge is -2.38. The van der Waals surface area contributed by atoms with E-state index in [9.17, 15) is 9.59 Å². The molecule has 4 rings (SSSR count). The maximum atomic E-state index is 13.1. The molecule has 0 N–H and O–H groups in total. The van der Waals surface area contributed by atoms with Crippen LogP contribution in [0.25, 0.3) is 0 Å². The predicted molar refractivity (Wildman–Crippen MR) is 126 cm³/mol. The van der Waals surface area contributed by atoms with Crippen molar-refractivity contribution in [3.63, 3.8) is 0 Å². The van der Waals surface area contributed by atoms with Gasteiger partial charge < -0.3 is 14.5 Å². The molecule has 0 bridgehead atoms. The molecule has 1 aliphatic heterocycles. The van der Waals surface area contributed by atoms with Gasteiger partial charge in [-0.1, -0.05) is 48.5 Å².